The van der Waals surface area contributed by atoms with E-state index in [1.165, 1.54) is 6.07 Å². The zero-order valence-electron chi connectivity index (χ0n) is 19.3. The Labute approximate surface area is 205 Å². The minimum atomic E-state index is -1.38. The van der Waals surface area contributed by atoms with Gasteiger partial charge in [-0.05, 0) is 38.3 Å². The Bertz CT molecular complexity index is 1030. The maximum absolute atomic E-state index is 13.1. The summed E-state index contributed by atoms with van der Waals surface area (Å²) in [6, 6.07) is -0.429. The minimum Gasteiger partial charge on any atom is -0.481 e. The van der Waals surface area contributed by atoms with Gasteiger partial charge >= 0.3 is 5.97 Å². The van der Waals surface area contributed by atoms with Gasteiger partial charge in [-0.25, -0.2) is 0 Å². The molecule has 36 heavy (non-hydrogen) atoms. The Morgan fingerprint density at radius 2 is 1.72 bits per heavy atom. The van der Waals surface area contributed by atoms with E-state index in [0.29, 0.717) is 19.4 Å². The third-order valence-electron chi connectivity index (χ3n) is 5.46. The number of amides is 4. The lowest BCUT2D eigenvalue weighted by Crippen LogP contribution is -2.57. The number of nitrogens with one attached hydrogen (secondary N) is 4. The van der Waals surface area contributed by atoms with E-state index in [4.69, 9.17) is 16.6 Å². The molecule has 15 heteroatoms. The van der Waals surface area contributed by atoms with Crippen molar-refractivity contribution in [3.63, 3.8) is 0 Å². The molecular formula is C21H29N7O8. The molecule has 1 aromatic rings. The number of carbonyl (C=O) groups excluding carboxylic acids is 4. The Morgan fingerprint density at radius 1 is 1.06 bits per heavy atom. The molecule has 0 aliphatic carbocycles. The number of anilines is 1. The smallest absolute Gasteiger partial charge is 0.303 e. The van der Waals surface area contributed by atoms with Gasteiger partial charge in [-0.3, -0.25) is 34.1 Å². The van der Waals surface area contributed by atoms with Gasteiger partial charge in [0, 0.05) is 30.8 Å². The van der Waals surface area contributed by atoms with Crippen LogP contribution in [0.3, 0.4) is 0 Å². The number of carbonyl (C=O) groups is 5. The van der Waals surface area contributed by atoms with E-state index in [1.54, 1.807) is 0 Å². The van der Waals surface area contributed by atoms with Gasteiger partial charge in [-0.15, -0.1) is 0 Å². The Hall–Kier alpha value is -4.27. The quantitative estimate of drug-likeness (QED) is 0.116. The molecule has 4 amide bonds. The average molecular weight is 508 g/mol. The van der Waals surface area contributed by atoms with Gasteiger partial charge in [0.1, 0.15) is 18.1 Å². The maximum atomic E-state index is 13.1. The summed E-state index contributed by atoms with van der Waals surface area (Å²) in [4.78, 5) is 72.6. The van der Waals surface area contributed by atoms with Crippen LogP contribution in [0, 0.1) is 10.1 Å². The highest BCUT2D eigenvalue weighted by atomic mass is 16.6. The first-order valence-corrected chi connectivity index (χ1v) is 11.2. The molecule has 1 aromatic carbocycles. The highest BCUT2D eigenvalue weighted by Gasteiger charge is 2.31. The number of benzene rings is 1. The van der Waals surface area contributed by atoms with Crippen LogP contribution in [0.25, 0.3) is 0 Å². The van der Waals surface area contributed by atoms with Crippen LogP contribution >= 0.6 is 0 Å². The third kappa shape index (κ3) is 7.90. The zero-order valence-corrected chi connectivity index (χ0v) is 19.3. The van der Waals surface area contributed by atoms with E-state index in [0.717, 1.165) is 12.1 Å². The molecule has 3 unspecified atom stereocenters. The summed E-state index contributed by atoms with van der Waals surface area (Å²) in [6.45, 7) is 0.0862. The predicted molar refractivity (Wildman–Crippen MR) is 126 cm³/mol. The van der Waals surface area contributed by atoms with E-state index in [2.05, 4.69) is 21.3 Å². The number of fused-ring (bicyclic) bond motifs is 1. The Balaban J connectivity index is 2.50. The van der Waals surface area contributed by atoms with Crippen LogP contribution < -0.4 is 32.7 Å². The van der Waals surface area contributed by atoms with E-state index < -0.39 is 64.8 Å². The fraction of sp³-hybridized carbons (Fsp3) is 0.476. The number of unbranched alkanes of at least 4 members (excludes halogenated alkanes) is 1. The van der Waals surface area contributed by atoms with Crippen LogP contribution in [0.1, 0.15) is 42.5 Å². The molecule has 0 radical (unpaired) electrons. The molecule has 3 atom stereocenters. The first-order chi connectivity index (χ1) is 17.0. The number of nitrogens with two attached hydrogens (primary N) is 2. The van der Waals surface area contributed by atoms with E-state index in [1.807, 2.05) is 0 Å². The van der Waals surface area contributed by atoms with E-state index >= 15 is 0 Å². The van der Waals surface area contributed by atoms with Crippen molar-refractivity contribution < 1.29 is 34.0 Å². The van der Waals surface area contributed by atoms with Crippen molar-refractivity contribution in [2.75, 3.05) is 18.4 Å². The fourth-order valence-corrected chi connectivity index (χ4v) is 3.50. The van der Waals surface area contributed by atoms with Crippen molar-refractivity contribution in [2.24, 2.45) is 11.5 Å². The molecule has 0 fully saturated rings. The highest BCUT2D eigenvalue weighted by Crippen LogP contribution is 2.23. The van der Waals surface area contributed by atoms with Gasteiger partial charge in [-0.1, -0.05) is 0 Å². The summed E-state index contributed by atoms with van der Waals surface area (Å²) >= 11 is 0. The molecule has 0 spiro atoms. The number of non-ortho nitro benzene ring substituents is 1. The number of hydrogen-bond acceptors (Lipinski definition) is 9. The Morgan fingerprint density at radius 3 is 2.33 bits per heavy atom. The lowest BCUT2D eigenvalue weighted by molar-refractivity contribution is -0.384. The van der Waals surface area contributed by atoms with Gasteiger partial charge in [0.2, 0.25) is 17.7 Å². The van der Waals surface area contributed by atoms with Gasteiger partial charge in [0.05, 0.1) is 10.5 Å². The van der Waals surface area contributed by atoms with Crippen LogP contribution in [0.2, 0.25) is 0 Å². The Kier molecular flexibility index (Phi) is 10.1. The van der Waals surface area contributed by atoms with Crippen LogP contribution in [-0.2, 0) is 19.2 Å². The minimum absolute atomic E-state index is 0.0646. The summed E-state index contributed by atoms with van der Waals surface area (Å²) in [6.07, 6.45) is 0.362. The molecule has 15 nitrogen and oxygen atoms in total. The third-order valence-corrected chi connectivity index (χ3v) is 5.46. The van der Waals surface area contributed by atoms with Gasteiger partial charge in [0.25, 0.3) is 11.6 Å². The fourth-order valence-electron chi connectivity index (χ4n) is 3.50. The van der Waals surface area contributed by atoms with Crippen molar-refractivity contribution >= 4 is 41.0 Å². The summed E-state index contributed by atoms with van der Waals surface area (Å²) in [7, 11) is 0. The topological polar surface area (TPSA) is 249 Å². The average Bonchev–Trinajstić information content (AvgIpc) is 2.82. The SMILES string of the molecule is NCCCCC1NC(=O)C(CCC(=O)O)NC(=O)c2cc([N+](=O)[O-])ccc2NCC(C(N)=O)NC1=O. The standard InChI is InChI=1S/C21H29N7O8/c22-8-2-1-3-14-20(33)27-16(18(23)31)10-24-13-5-4-11(28(35)36)9-12(13)19(32)25-15(21(34)26-14)6-7-17(29)30/h4-5,9,14-16,24H,1-3,6-8,10,22H2,(H2,23,31)(H,25,32)(H,26,34)(H,27,33)(H,29,30). The van der Waals surface area contributed by atoms with E-state index in [9.17, 15) is 34.1 Å². The number of primary amides is 1. The van der Waals surface area contributed by atoms with Crippen molar-refractivity contribution in [2.45, 2.75) is 50.2 Å². The largest absolute Gasteiger partial charge is 0.481 e. The van der Waals surface area contributed by atoms with Crippen molar-refractivity contribution in [3.8, 4) is 0 Å². The second-order valence-corrected chi connectivity index (χ2v) is 8.14. The number of nitro groups is 1. The predicted octanol–water partition coefficient (Wildman–Crippen LogP) is -1.43. The highest BCUT2D eigenvalue weighted by molar-refractivity contribution is 6.03. The molecule has 0 saturated carbocycles. The molecule has 0 saturated heterocycles. The van der Waals surface area contributed by atoms with Crippen LogP contribution in [0.4, 0.5) is 11.4 Å². The van der Waals surface area contributed by atoms with Crippen LogP contribution in [0.15, 0.2) is 18.2 Å². The number of nitro benzene ring substituents is 1. The number of carboxylic acids is 1. The summed E-state index contributed by atoms with van der Waals surface area (Å²) in [5.74, 6) is -4.57. The monoisotopic (exact) mass is 507 g/mol. The molecule has 2 rings (SSSR count). The normalized spacial score (nSPS) is 20.7. The molecule has 1 aliphatic rings. The molecule has 9 N–H and O–H groups in total. The number of carboxylic acid groups (broad SMARTS) is 1. The molecule has 0 aromatic heterocycles. The van der Waals surface area contributed by atoms with Gasteiger partial charge < -0.3 is 37.8 Å². The van der Waals surface area contributed by atoms with Crippen LogP contribution in [0.5, 0.6) is 0 Å². The van der Waals surface area contributed by atoms with Crippen LogP contribution in [-0.4, -0.2) is 70.8 Å². The summed E-state index contributed by atoms with van der Waals surface area (Å²) < 4.78 is 0. The zero-order chi connectivity index (χ0) is 26.8. The maximum Gasteiger partial charge on any atom is 0.303 e. The summed E-state index contributed by atoms with van der Waals surface area (Å²) in [5.41, 5.74) is 10.3. The lowest BCUT2D eigenvalue weighted by Gasteiger charge is -2.24. The molecule has 1 heterocycles. The number of aliphatic carboxylic acids is 1. The number of hydrogen-bond donors (Lipinski definition) is 7. The van der Waals surface area contributed by atoms with E-state index in [-0.39, 0.29) is 30.6 Å². The van der Waals surface area contributed by atoms with Gasteiger partial charge in [-0.2, -0.15) is 0 Å². The lowest BCUT2D eigenvalue weighted by atomic mass is 10.1. The number of nitrogens with zero attached hydrogens (tertiary/aromatic N) is 1. The molecule has 0 bridgehead atoms. The first kappa shape index (κ1) is 28.0. The molecular weight excluding hydrogens is 478 g/mol. The van der Waals surface area contributed by atoms with Crippen molar-refractivity contribution in [1.82, 2.24) is 16.0 Å². The second-order valence-electron chi connectivity index (χ2n) is 8.14. The first-order valence-electron chi connectivity index (χ1n) is 11.2. The van der Waals surface area contributed by atoms with Crippen molar-refractivity contribution in [1.29, 1.82) is 0 Å². The summed E-state index contributed by atoms with van der Waals surface area (Å²) in [5, 5.41) is 30.4. The van der Waals surface area contributed by atoms with Gasteiger partial charge in [0.15, 0.2) is 0 Å². The molecule has 1 aliphatic heterocycles. The van der Waals surface area contributed by atoms with Crippen molar-refractivity contribution in [3.05, 3.63) is 33.9 Å². The number of rotatable bonds is 9. The molecule has 196 valence electrons. The second kappa shape index (κ2) is 13.0.